The van der Waals surface area contributed by atoms with Crippen LogP contribution < -0.4 is 31.8 Å². The predicted octanol–water partition coefficient (Wildman–Crippen LogP) is 2.60. The van der Waals surface area contributed by atoms with Crippen LogP contribution in [-0.2, 0) is 52.6 Å². The van der Waals surface area contributed by atoms with Crippen molar-refractivity contribution in [2.24, 2.45) is 5.92 Å². The minimum absolute atomic E-state index is 0.00488. The third-order valence-corrected chi connectivity index (χ3v) is 11.5. The number of thioether (sulfide) groups is 1. The second kappa shape index (κ2) is 32.5. The Hall–Kier alpha value is -4.12. The van der Waals surface area contributed by atoms with Gasteiger partial charge in [0.25, 0.3) is 0 Å². The summed E-state index contributed by atoms with van der Waals surface area (Å²) < 4.78 is 54.7. The quantitative estimate of drug-likeness (QED) is 0.0222. The van der Waals surface area contributed by atoms with Gasteiger partial charge in [-0.3, -0.25) is 38.4 Å². The van der Waals surface area contributed by atoms with E-state index in [9.17, 15) is 56.6 Å². The molecule has 0 aliphatic heterocycles. The van der Waals surface area contributed by atoms with E-state index >= 15 is 0 Å². The van der Waals surface area contributed by atoms with Crippen LogP contribution in [0.4, 0.5) is 13.2 Å². The van der Waals surface area contributed by atoms with Crippen molar-refractivity contribution < 1.29 is 70.8 Å². The van der Waals surface area contributed by atoms with E-state index in [4.69, 9.17) is 14.2 Å². The average Bonchev–Trinajstić information content (AvgIpc) is 3.19. The van der Waals surface area contributed by atoms with Crippen LogP contribution in [0.2, 0.25) is 6.82 Å². The Morgan fingerprint density at radius 1 is 0.703 bits per heavy atom. The number of halogens is 3. The van der Waals surface area contributed by atoms with Crippen LogP contribution in [0, 0.1) is 5.92 Å². The number of ether oxygens (including phenoxy) is 3. The van der Waals surface area contributed by atoms with E-state index in [1.807, 2.05) is 0 Å². The molecule has 0 aromatic carbocycles. The highest BCUT2D eigenvalue weighted by atomic mass is 32.2. The Morgan fingerprint density at radius 2 is 1.23 bits per heavy atom. The molecule has 0 radical (unpaired) electrons. The number of carbonyl (C=O) groups excluding carboxylic acids is 8. The Bertz CT molecular complexity index is 1480. The molecule has 0 heterocycles. The lowest BCUT2D eigenvalue weighted by molar-refractivity contribution is -0.181. The van der Waals surface area contributed by atoms with E-state index in [-0.39, 0.29) is 49.0 Å². The number of hydrogen-bond donors (Lipinski definition) is 7. The number of esters is 3. The second-order valence-electron chi connectivity index (χ2n) is 15.9. The first-order chi connectivity index (χ1) is 30.2. The standard InChI is InChI=1S/C41H70BF3N6O12S/c1-27(52)50-36-33(25-31(26-61-28(2)53)37(62-29(3)54)38(36)63-30(4)55)64-24-16-8-14-21-47-35(57)18-9-6-12-20-46-34(56)19-10-7-13-22-48-39(58)32(51-40(59)41(43,44)45)17-11-15-23-49-42(5)60/h31-33,36-38,49,60H,6-26H2,1-5H3,(H,46,56)(H,47,57)(H,48,58)(H,50,52)(H,51,59)/t31?,32?,33-,36?,37+,38-/m1/s1. The second-order valence-corrected chi connectivity index (χ2v) is 17.3. The van der Waals surface area contributed by atoms with Gasteiger partial charge in [-0.15, -0.1) is 0 Å². The minimum atomic E-state index is -5.12. The lowest BCUT2D eigenvalue weighted by Gasteiger charge is -2.45. The maximum atomic E-state index is 12.8. The molecule has 6 atom stereocenters. The summed E-state index contributed by atoms with van der Waals surface area (Å²) in [7, 11) is -0.746. The van der Waals surface area contributed by atoms with Crippen molar-refractivity contribution in [3.63, 3.8) is 0 Å². The number of unbranched alkanes of at least 4 members (excludes halogenated alkanes) is 7. The van der Waals surface area contributed by atoms with Crippen molar-refractivity contribution >= 4 is 66.3 Å². The van der Waals surface area contributed by atoms with Gasteiger partial charge in [0, 0.05) is 71.3 Å². The van der Waals surface area contributed by atoms with Crippen LogP contribution in [0.15, 0.2) is 0 Å². The van der Waals surface area contributed by atoms with Crippen LogP contribution >= 0.6 is 11.8 Å². The van der Waals surface area contributed by atoms with Gasteiger partial charge >= 0.3 is 37.0 Å². The summed E-state index contributed by atoms with van der Waals surface area (Å²) in [6, 6.07) is -2.01. The van der Waals surface area contributed by atoms with Crippen molar-refractivity contribution in [2.45, 2.75) is 167 Å². The Balaban J connectivity index is 2.29. The Labute approximate surface area is 379 Å². The largest absolute Gasteiger partial charge is 0.471 e. The van der Waals surface area contributed by atoms with E-state index < -0.39 is 73.2 Å². The van der Waals surface area contributed by atoms with Gasteiger partial charge in [-0.2, -0.15) is 24.9 Å². The molecule has 0 saturated heterocycles. The lowest BCUT2D eigenvalue weighted by atomic mass is 9.80. The lowest BCUT2D eigenvalue weighted by Crippen LogP contribution is -2.62. The van der Waals surface area contributed by atoms with Crippen molar-refractivity contribution in [3.8, 4) is 0 Å². The van der Waals surface area contributed by atoms with Crippen molar-refractivity contribution in [1.82, 2.24) is 31.8 Å². The van der Waals surface area contributed by atoms with Gasteiger partial charge in [-0.05, 0) is 83.3 Å². The van der Waals surface area contributed by atoms with E-state index in [1.165, 1.54) is 34.5 Å². The fraction of sp³-hybridized carbons (Fsp3) is 0.805. The molecule has 5 amide bonds. The molecule has 18 nitrogen and oxygen atoms in total. The first-order valence-corrected chi connectivity index (χ1v) is 23.2. The van der Waals surface area contributed by atoms with Crippen molar-refractivity contribution in [2.75, 3.05) is 38.5 Å². The predicted molar refractivity (Wildman–Crippen MR) is 233 cm³/mol. The highest BCUT2D eigenvalue weighted by molar-refractivity contribution is 7.99. The summed E-state index contributed by atoms with van der Waals surface area (Å²) in [6.07, 6.45) is 0.940. The topological polar surface area (TPSA) is 257 Å². The Morgan fingerprint density at radius 3 is 1.75 bits per heavy atom. The van der Waals surface area contributed by atoms with Crippen LogP contribution in [0.25, 0.3) is 0 Å². The van der Waals surface area contributed by atoms with Gasteiger partial charge in [-0.1, -0.05) is 19.3 Å². The number of amides is 5. The highest BCUT2D eigenvalue weighted by Crippen LogP contribution is 2.37. The molecule has 1 fully saturated rings. The Kier molecular flexibility index (Phi) is 29.4. The summed E-state index contributed by atoms with van der Waals surface area (Å²) >= 11 is 1.58. The van der Waals surface area contributed by atoms with Gasteiger partial charge in [0.1, 0.15) is 12.1 Å². The van der Waals surface area contributed by atoms with Gasteiger partial charge in [0.15, 0.2) is 6.10 Å². The number of carbonyl (C=O) groups is 8. The maximum absolute atomic E-state index is 12.8. The van der Waals surface area contributed by atoms with Crippen molar-refractivity contribution in [3.05, 3.63) is 0 Å². The zero-order valence-corrected chi connectivity index (χ0v) is 38.7. The summed E-state index contributed by atoms with van der Waals surface area (Å²) in [5, 5.41) is 24.7. The van der Waals surface area contributed by atoms with Crippen LogP contribution in [0.5, 0.6) is 0 Å². The third-order valence-electron chi connectivity index (χ3n) is 10.0. The molecule has 0 bridgehead atoms. The summed E-state index contributed by atoms with van der Waals surface area (Å²) in [5.74, 6) is -4.93. The maximum Gasteiger partial charge on any atom is 0.471 e. The number of alkyl halides is 3. The highest BCUT2D eigenvalue weighted by Gasteiger charge is 2.49. The van der Waals surface area contributed by atoms with Gasteiger partial charge in [0.05, 0.1) is 12.6 Å². The van der Waals surface area contributed by atoms with Gasteiger partial charge in [0.2, 0.25) is 23.6 Å². The molecule has 1 aliphatic carbocycles. The van der Waals surface area contributed by atoms with Gasteiger partial charge in [-0.25, -0.2) is 0 Å². The third kappa shape index (κ3) is 27.3. The van der Waals surface area contributed by atoms with Crippen molar-refractivity contribution in [1.29, 1.82) is 0 Å². The molecule has 0 spiro atoms. The number of rotatable bonds is 32. The van der Waals surface area contributed by atoms with E-state index in [0.717, 1.165) is 25.7 Å². The molecule has 1 rings (SSSR count). The summed E-state index contributed by atoms with van der Waals surface area (Å²) in [6.45, 7) is 8.09. The number of nitrogens with one attached hydrogen (secondary N) is 6. The molecule has 3 unspecified atom stereocenters. The first-order valence-electron chi connectivity index (χ1n) is 22.2. The average molecular weight is 939 g/mol. The first kappa shape index (κ1) is 57.9. The smallest absolute Gasteiger partial charge is 0.465 e. The molecule has 366 valence electrons. The molecule has 7 N–H and O–H groups in total. The normalized spacial score (nSPS) is 18.7. The van der Waals surface area contributed by atoms with Gasteiger partial charge < -0.3 is 51.0 Å². The zero-order chi connectivity index (χ0) is 48.1. The molecular weight excluding hydrogens is 868 g/mol. The van der Waals surface area contributed by atoms with E-state index in [0.29, 0.717) is 83.2 Å². The fourth-order valence-corrected chi connectivity index (χ4v) is 8.48. The van der Waals surface area contributed by atoms with E-state index in [1.54, 1.807) is 17.1 Å². The molecule has 1 aliphatic rings. The van der Waals surface area contributed by atoms with Crippen LogP contribution in [-0.4, -0.2) is 134 Å². The monoisotopic (exact) mass is 938 g/mol. The molecule has 0 aromatic rings. The zero-order valence-electron chi connectivity index (χ0n) is 37.9. The molecule has 23 heteroatoms. The molecule has 0 aromatic heterocycles. The van der Waals surface area contributed by atoms with Crippen LogP contribution in [0.1, 0.15) is 124 Å². The van der Waals surface area contributed by atoms with Crippen LogP contribution in [0.3, 0.4) is 0 Å². The minimum Gasteiger partial charge on any atom is -0.465 e. The number of hydrogen-bond acceptors (Lipinski definition) is 14. The summed E-state index contributed by atoms with van der Waals surface area (Å²) in [4.78, 5) is 96.4. The molecule has 1 saturated carbocycles. The fourth-order valence-electron chi connectivity index (χ4n) is 6.99. The molecule has 64 heavy (non-hydrogen) atoms. The molecular formula is C41H70BF3N6O12S. The summed E-state index contributed by atoms with van der Waals surface area (Å²) in [5.41, 5.74) is 0. The SMILES string of the molecule is CB(O)NCCCCC(NC(=O)C(F)(F)F)C(=O)NCCCCCC(=O)NCCCCCC(=O)NCCCCCS[C@@H]1CC(COC(C)=O)[C@H](OC(C)=O)[C@H](OC(C)=O)C1NC(C)=O. The van der Waals surface area contributed by atoms with E-state index in [2.05, 4.69) is 26.5 Å².